The molecule has 1 aliphatic rings. The third-order valence-electron chi connectivity index (χ3n) is 11.7. The van der Waals surface area contributed by atoms with Gasteiger partial charge in [0.25, 0.3) is 0 Å². The van der Waals surface area contributed by atoms with Crippen molar-refractivity contribution in [2.45, 2.75) is 78.6 Å². The minimum atomic E-state index is -0.106. The summed E-state index contributed by atoms with van der Waals surface area (Å²) in [5, 5.41) is 0. The van der Waals surface area contributed by atoms with Gasteiger partial charge in [0.05, 0.1) is 0 Å². The van der Waals surface area contributed by atoms with E-state index in [0.29, 0.717) is 0 Å². The van der Waals surface area contributed by atoms with Crippen molar-refractivity contribution in [2.75, 3.05) is 9.80 Å². The Hall–Kier alpha value is -6.06. The molecule has 0 aliphatic carbocycles. The molecule has 0 radical (unpaired) electrons. The predicted molar refractivity (Wildman–Crippen MR) is 258 cm³/mol. The summed E-state index contributed by atoms with van der Waals surface area (Å²) in [5.74, 6) is 0. The molecule has 7 aromatic carbocycles. The lowest BCUT2D eigenvalue weighted by Gasteiger charge is -2.37. The molecular weight excluding hydrogens is 711 g/mol. The van der Waals surface area contributed by atoms with Crippen molar-refractivity contribution in [1.29, 1.82) is 0 Å². The predicted octanol–water partition coefficient (Wildman–Crippen LogP) is 13.5. The fraction of sp³-hybridized carbons (Fsp3) is 0.214. The van der Waals surface area contributed by atoms with Crippen molar-refractivity contribution in [3.63, 3.8) is 0 Å². The lowest BCUT2D eigenvalue weighted by Crippen LogP contribution is -2.58. The maximum Gasteiger partial charge on any atom is 0.243 e. The maximum absolute atomic E-state index is 2.53. The first-order valence-corrected chi connectivity index (χ1v) is 21.1. The van der Waals surface area contributed by atoms with Gasteiger partial charge in [-0.25, -0.2) is 0 Å². The number of hydrogen-bond donors (Lipinski definition) is 0. The van der Waals surface area contributed by atoms with Crippen molar-refractivity contribution >= 4 is 69.4 Å². The molecule has 3 heteroatoms. The van der Waals surface area contributed by atoms with E-state index in [1.54, 1.807) is 0 Å². The molecule has 1 heterocycles. The third-order valence-corrected chi connectivity index (χ3v) is 11.7. The fourth-order valence-corrected chi connectivity index (χ4v) is 8.72. The summed E-state index contributed by atoms with van der Waals surface area (Å²) in [7, 11) is 0. The van der Waals surface area contributed by atoms with Crippen molar-refractivity contribution in [1.82, 2.24) is 0 Å². The Morgan fingerprint density at radius 1 is 0.339 bits per heavy atom. The zero-order chi connectivity index (χ0) is 41.5. The summed E-state index contributed by atoms with van der Waals surface area (Å²) in [6, 6.07) is 62.3. The van der Waals surface area contributed by atoms with Crippen LogP contribution in [0.15, 0.2) is 170 Å². The number of rotatable bonds is 7. The van der Waals surface area contributed by atoms with Crippen LogP contribution in [0.2, 0.25) is 0 Å². The van der Waals surface area contributed by atoms with Gasteiger partial charge in [-0.1, -0.05) is 188 Å². The second kappa shape index (κ2) is 15.6. The van der Waals surface area contributed by atoms with E-state index >= 15 is 0 Å². The second-order valence-electron chi connectivity index (χ2n) is 19.1. The van der Waals surface area contributed by atoms with E-state index in [0.717, 1.165) is 34.1 Å². The van der Waals surface area contributed by atoms with Gasteiger partial charge in [0.1, 0.15) is 0 Å². The van der Waals surface area contributed by atoms with E-state index in [1.807, 2.05) is 0 Å². The van der Waals surface area contributed by atoms with Crippen LogP contribution in [-0.4, -0.2) is 6.71 Å². The molecule has 0 spiro atoms. The molecule has 7 aromatic rings. The lowest BCUT2D eigenvalue weighted by atomic mass is 9.33. The summed E-state index contributed by atoms with van der Waals surface area (Å²) in [4.78, 5) is 4.74. The SMILES string of the molecule is CC(C)(C)c1cc(C(C)(C)C)c(B2c3ccc(N(c4ccccc4)c4ccccc4)cc3C=Cc3cc(N(c4ccccc4)c4ccccc4)ccc32)c(C(C)(C)C)c1. The average molecular weight is 769 g/mol. The van der Waals surface area contributed by atoms with Gasteiger partial charge in [-0.05, 0) is 117 Å². The minimum absolute atomic E-state index is 0.000171. The number of anilines is 6. The summed E-state index contributed by atoms with van der Waals surface area (Å²) in [6.45, 7) is 21.4. The molecule has 59 heavy (non-hydrogen) atoms. The van der Waals surface area contributed by atoms with Crippen LogP contribution in [0.3, 0.4) is 0 Å². The first kappa shape index (κ1) is 39.8. The molecule has 0 saturated carbocycles. The molecule has 0 fully saturated rings. The Morgan fingerprint density at radius 3 is 0.949 bits per heavy atom. The zero-order valence-corrected chi connectivity index (χ0v) is 36.3. The van der Waals surface area contributed by atoms with Crippen molar-refractivity contribution in [2.24, 2.45) is 0 Å². The van der Waals surface area contributed by atoms with E-state index in [2.05, 4.69) is 254 Å². The van der Waals surface area contributed by atoms with Crippen LogP contribution in [0.1, 0.15) is 90.1 Å². The van der Waals surface area contributed by atoms with Crippen molar-refractivity contribution in [3.8, 4) is 0 Å². The van der Waals surface area contributed by atoms with Crippen LogP contribution < -0.4 is 26.2 Å². The highest BCUT2D eigenvalue weighted by atomic mass is 15.1. The molecule has 0 atom stereocenters. The first-order valence-electron chi connectivity index (χ1n) is 21.1. The largest absolute Gasteiger partial charge is 0.310 e. The topological polar surface area (TPSA) is 6.48 Å². The van der Waals surface area contributed by atoms with Crippen LogP contribution in [0.5, 0.6) is 0 Å². The molecule has 0 N–H and O–H groups in total. The Kier molecular flexibility index (Phi) is 10.5. The Morgan fingerprint density at radius 2 is 0.661 bits per heavy atom. The molecular formula is C56H57BN2. The highest BCUT2D eigenvalue weighted by Crippen LogP contribution is 2.39. The highest BCUT2D eigenvalue weighted by Gasteiger charge is 2.38. The van der Waals surface area contributed by atoms with E-state index in [-0.39, 0.29) is 23.0 Å². The Balaban J connectivity index is 1.42. The molecule has 8 rings (SSSR count). The van der Waals surface area contributed by atoms with Crippen molar-refractivity contribution in [3.05, 3.63) is 198 Å². The van der Waals surface area contributed by atoms with Gasteiger partial charge in [-0.15, -0.1) is 0 Å². The fourth-order valence-electron chi connectivity index (χ4n) is 8.72. The number of fused-ring (bicyclic) bond motifs is 2. The summed E-state index contributed by atoms with van der Waals surface area (Å²) in [5.41, 5.74) is 17.3. The third kappa shape index (κ3) is 8.04. The molecule has 0 saturated heterocycles. The molecule has 0 unspecified atom stereocenters. The number of para-hydroxylation sites is 4. The van der Waals surface area contributed by atoms with Crippen LogP contribution in [0.25, 0.3) is 12.2 Å². The molecule has 0 amide bonds. The highest BCUT2D eigenvalue weighted by molar-refractivity contribution is 6.97. The zero-order valence-electron chi connectivity index (χ0n) is 36.3. The summed E-state index contributed by atoms with van der Waals surface area (Å²) >= 11 is 0. The van der Waals surface area contributed by atoms with E-state index in [9.17, 15) is 0 Å². The number of hydrogen-bond acceptors (Lipinski definition) is 2. The quantitative estimate of drug-likeness (QED) is 0.149. The van der Waals surface area contributed by atoms with Crippen LogP contribution >= 0.6 is 0 Å². The second-order valence-corrected chi connectivity index (χ2v) is 19.1. The maximum atomic E-state index is 2.53. The van der Waals surface area contributed by atoms with E-state index in [1.165, 1.54) is 44.2 Å². The van der Waals surface area contributed by atoms with Crippen LogP contribution in [0.4, 0.5) is 34.1 Å². The number of nitrogens with zero attached hydrogens (tertiary/aromatic N) is 2. The van der Waals surface area contributed by atoms with Gasteiger partial charge in [0.2, 0.25) is 6.71 Å². The standard InChI is InChI=1S/C56H57BN2/c1-54(2,3)42-38-49(55(4,5)6)53(50(39-42)56(7,8)9)57-51-34-32-47(58(43-22-14-10-15-23-43)44-24-16-11-17-25-44)36-40(51)30-31-41-37-48(33-35-52(41)57)59(45-26-18-12-19-27-45)46-28-20-13-21-29-46/h10-39H,1-9H3. The van der Waals surface area contributed by atoms with E-state index < -0.39 is 0 Å². The van der Waals surface area contributed by atoms with Crippen LogP contribution in [-0.2, 0) is 16.2 Å². The van der Waals surface area contributed by atoms with Crippen LogP contribution in [0, 0.1) is 0 Å². The molecule has 2 nitrogen and oxygen atoms in total. The summed E-state index contributed by atoms with van der Waals surface area (Å²) < 4.78 is 0. The molecule has 1 aliphatic heterocycles. The van der Waals surface area contributed by atoms with Crippen molar-refractivity contribution < 1.29 is 0 Å². The first-order chi connectivity index (χ1) is 28.2. The van der Waals surface area contributed by atoms with E-state index in [4.69, 9.17) is 0 Å². The molecule has 0 bridgehead atoms. The van der Waals surface area contributed by atoms with Gasteiger partial charge in [-0.3, -0.25) is 0 Å². The minimum Gasteiger partial charge on any atom is -0.310 e. The molecule has 294 valence electrons. The molecule has 0 aromatic heterocycles. The van der Waals surface area contributed by atoms with Gasteiger partial charge < -0.3 is 9.80 Å². The lowest BCUT2D eigenvalue weighted by molar-refractivity contribution is 0.553. The van der Waals surface area contributed by atoms with Gasteiger partial charge in [0.15, 0.2) is 0 Å². The Bertz CT molecular complexity index is 2340. The van der Waals surface area contributed by atoms with Gasteiger partial charge in [0, 0.05) is 34.1 Å². The normalized spacial score (nSPS) is 12.7. The monoisotopic (exact) mass is 768 g/mol. The summed E-state index contributed by atoms with van der Waals surface area (Å²) in [6.07, 6.45) is 4.73. The smallest absolute Gasteiger partial charge is 0.243 e. The Labute approximate surface area is 354 Å². The van der Waals surface area contributed by atoms with Gasteiger partial charge >= 0.3 is 0 Å². The number of benzene rings is 7. The average Bonchev–Trinajstić information content (AvgIpc) is 3.37. The van der Waals surface area contributed by atoms with Gasteiger partial charge in [-0.2, -0.15) is 0 Å².